The minimum Gasteiger partial charge on any atom is -0.467 e. The van der Waals surface area contributed by atoms with Gasteiger partial charge in [0.1, 0.15) is 17.5 Å². The number of carbonyl (C=O) groups excluding carboxylic acids is 2. The van der Waals surface area contributed by atoms with Gasteiger partial charge in [0.25, 0.3) is 0 Å². The predicted molar refractivity (Wildman–Crippen MR) is 104 cm³/mol. The van der Waals surface area contributed by atoms with Gasteiger partial charge < -0.3 is 14.1 Å². The van der Waals surface area contributed by atoms with Crippen molar-refractivity contribution in [1.82, 2.24) is 4.90 Å². The lowest BCUT2D eigenvalue weighted by Gasteiger charge is -2.29. The number of ether oxygens (including phenoxy) is 1. The number of rotatable bonds is 7. The Hall–Kier alpha value is -3.09. The van der Waals surface area contributed by atoms with Crippen LogP contribution < -0.4 is 5.01 Å². The average molecular weight is 381 g/mol. The highest BCUT2D eigenvalue weighted by atomic mass is 16.5. The lowest BCUT2D eigenvalue weighted by molar-refractivity contribution is -0.135. The number of hydrogen-bond acceptors (Lipinski definition) is 6. The Morgan fingerprint density at radius 3 is 2.64 bits per heavy atom. The zero-order valence-corrected chi connectivity index (χ0v) is 15.8. The van der Waals surface area contributed by atoms with E-state index in [2.05, 4.69) is 5.10 Å². The van der Waals surface area contributed by atoms with Crippen LogP contribution in [0.1, 0.15) is 31.9 Å². The third kappa shape index (κ3) is 3.78. The fourth-order valence-electron chi connectivity index (χ4n) is 3.39. The lowest BCUT2D eigenvalue weighted by Crippen LogP contribution is -2.46. The Kier molecular flexibility index (Phi) is 5.14. The van der Waals surface area contributed by atoms with Gasteiger partial charge in [0, 0.05) is 12.5 Å². The first-order valence-electron chi connectivity index (χ1n) is 9.59. The molecule has 28 heavy (non-hydrogen) atoms. The molecule has 1 saturated carbocycles. The van der Waals surface area contributed by atoms with Crippen molar-refractivity contribution in [2.45, 2.75) is 44.8 Å². The first-order chi connectivity index (χ1) is 13.7. The smallest absolute Gasteiger partial charge is 0.354 e. The average Bonchev–Trinajstić information content (AvgIpc) is 3.24. The Morgan fingerprint density at radius 2 is 2.00 bits per heavy atom. The molecule has 1 amide bonds. The fourth-order valence-corrected chi connectivity index (χ4v) is 3.39. The molecule has 2 heterocycles. The Bertz CT molecular complexity index is 859. The van der Waals surface area contributed by atoms with Crippen molar-refractivity contribution in [1.29, 1.82) is 0 Å². The van der Waals surface area contributed by atoms with Crippen LogP contribution >= 0.6 is 0 Å². The zero-order chi connectivity index (χ0) is 19.5. The minimum absolute atomic E-state index is 0.0502. The second-order valence-corrected chi connectivity index (χ2v) is 6.94. The maximum Gasteiger partial charge on any atom is 0.354 e. The number of anilines is 1. The van der Waals surface area contributed by atoms with Gasteiger partial charge in [-0.2, -0.15) is 5.10 Å². The number of amides is 1. The predicted octanol–water partition coefficient (Wildman–Crippen LogP) is 2.97. The molecule has 1 fully saturated rings. The largest absolute Gasteiger partial charge is 0.467 e. The van der Waals surface area contributed by atoms with E-state index in [0.29, 0.717) is 6.54 Å². The van der Waals surface area contributed by atoms with Crippen LogP contribution in [0.4, 0.5) is 5.69 Å². The molecule has 0 spiro atoms. The summed E-state index contributed by atoms with van der Waals surface area (Å²) in [6.07, 6.45) is 3.80. The highest BCUT2D eigenvalue weighted by Crippen LogP contribution is 2.33. The molecule has 7 heteroatoms. The third-order valence-corrected chi connectivity index (χ3v) is 4.90. The van der Waals surface area contributed by atoms with Crippen LogP contribution in [0.15, 0.2) is 58.2 Å². The maximum absolute atomic E-state index is 13.5. The van der Waals surface area contributed by atoms with E-state index >= 15 is 0 Å². The number of benzene rings is 1. The summed E-state index contributed by atoms with van der Waals surface area (Å²) < 4.78 is 10.6. The zero-order valence-electron chi connectivity index (χ0n) is 15.8. The van der Waals surface area contributed by atoms with Gasteiger partial charge in [0.2, 0.25) is 5.91 Å². The lowest BCUT2D eigenvalue weighted by atomic mass is 10.1. The van der Waals surface area contributed by atoms with Crippen molar-refractivity contribution in [3.8, 4) is 0 Å². The fraction of sp³-hybridized carbons (Fsp3) is 0.381. The molecule has 1 aromatic heterocycles. The van der Waals surface area contributed by atoms with Crippen LogP contribution in [0.5, 0.6) is 0 Å². The molecule has 1 aliphatic carbocycles. The summed E-state index contributed by atoms with van der Waals surface area (Å²) in [6, 6.07) is 12.8. The topological polar surface area (TPSA) is 75.3 Å². The summed E-state index contributed by atoms with van der Waals surface area (Å²) in [5, 5.41) is 6.09. The highest BCUT2D eigenvalue weighted by molar-refractivity contribution is 6.38. The number of hydrazone groups is 1. The van der Waals surface area contributed by atoms with Gasteiger partial charge in [-0.3, -0.25) is 9.80 Å². The van der Waals surface area contributed by atoms with Crippen LogP contribution in [0.2, 0.25) is 0 Å². The van der Waals surface area contributed by atoms with Gasteiger partial charge in [-0.15, -0.1) is 0 Å². The van der Waals surface area contributed by atoms with Crippen LogP contribution in [0.3, 0.4) is 0 Å². The summed E-state index contributed by atoms with van der Waals surface area (Å²) in [5.41, 5.74) is 1.05. The Balaban J connectivity index is 1.60. The molecular weight excluding hydrogens is 358 g/mol. The van der Waals surface area contributed by atoms with Crippen LogP contribution in [0, 0.1) is 0 Å². The molecule has 2 aliphatic rings. The highest BCUT2D eigenvalue weighted by Gasteiger charge is 2.43. The first-order valence-corrected chi connectivity index (χ1v) is 9.59. The molecular formula is C21H23N3O4. The van der Waals surface area contributed by atoms with E-state index in [1.165, 1.54) is 0 Å². The van der Waals surface area contributed by atoms with Gasteiger partial charge in [-0.25, -0.2) is 4.79 Å². The molecule has 146 valence electrons. The molecule has 2 aromatic rings. The number of hydrogen-bond donors (Lipinski definition) is 0. The van der Waals surface area contributed by atoms with E-state index in [-0.39, 0.29) is 30.7 Å². The number of para-hydroxylation sites is 1. The van der Waals surface area contributed by atoms with Gasteiger partial charge in [0.05, 0.1) is 25.1 Å². The molecule has 1 atom stereocenters. The SMILES string of the molecule is CCOC(=O)C1=NN(c2ccccc2)C(C(=O)N(Cc2ccco2)C2CC2)C1. The second kappa shape index (κ2) is 7.88. The Labute approximate surface area is 163 Å². The molecule has 7 nitrogen and oxygen atoms in total. The number of carbonyl (C=O) groups is 2. The number of nitrogens with zero attached hydrogens (tertiary/aromatic N) is 3. The minimum atomic E-state index is -0.572. The van der Waals surface area contributed by atoms with E-state index in [4.69, 9.17) is 9.15 Å². The van der Waals surface area contributed by atoms with Gasteiger partial charge >= 0.3 is 5.97 Å². The van der Waals surface area contributed by atoms with Crippen molar-refractivity contribution in [2.75, 3.05) is 11.6 Å². The summed E-state index contributed by atoms with van der Waals surface area (Å²) in [7, 11) is 0. The van der Waals surface area contributed by atoms with Crippen molar-refractivity contribution in [3.05, 3.63) is 54.5 Å². The molecule has 1 aliphatic heterocycles. The summed E-state index contributed by atoms with van der Waals surface area (Å²) in [6.45, 7) is 2.45. The standard InChI is InChI=1S/C21H23N3O4/c1-2-27-21(26)18-13-19(24(22-18)16-7-4-3-5-8-16)20(25)23(15-10-11-15)14-17-9-6-12-28-17/h3-9,12,15,19H,2,10-11,13-14H2,1H3. The summed E-state index contributed by atoms with van der Waals surface area (Å²) >= 11 is 0. The van der Waals surface area contributed by atoms with Crippen molar-refractivity contribution >= 4 is 23.3 Å². The van der Waals surface area contributed by atoms with Gasteiger partial charge in [-0.05, 0) is 44.0 Å². The first kappa shape index (κ1) is 18.3. The summed E-state index contributed by atoms with van der Waals surface area (Å²) in [5.74, 6) is 0.226. The van der Waals surface area contributed by atoms with Gasteiger partial charge in [0.15, 0.2) is 0 Å². The molecule has 0 saturated heterocycles. The van der Waals surface area contributed by atoms with Crippen molar-refractivity contribution < 1.29 is 18.7 Å². The van der Waals surface area contributed by atoms with E-state index in [9.17, 15) is 9.59 Å². The van der Waals surface area contributed by atoms with E-state index in [1.807, 2.05) is 47.4 Å². The third-order valence-electron chi connectivity index (χ3n) is 4.90. The van der Waals surface area contributed by atoms with Crippen LogP contribution in [-0.2, 0) is 20.9 Å². The van der Waals surface area contributed by atoms with E-state index in [1.54, 1.807) is 18.2 Å². The molecule has 4 rings (SSSR count). The van der Waals surface area contributed by atoms with Gasteiger partial charge in [-0.1, -0.05) is 18.2 Å². The molecule has 0 bridgehead atoms. The maximum atomic E-state index is 13.5. The Morgan fingerprint density at radius 1 is 1.21 bits per heavy atom. The monoisotopic (exact) mass is 381 g/mol. The normalized spacial score (nSPS) is 18.7. The number of esters is 1. The molecule has 1 aromatic carbocycles. The van der Waals surface area contributed by atoms with Crippen molar-refractivity contribution in [3.63, 3.8) is 0 Å². The summed E-state index contributed by atoms with van der Waals surface area (Å²) in [4.78, 5) is 27.6. The molecule has 0 radical (unpaired) electrons. The molecule has 0 N–H and O–H groups in total. The van der Waals surface area contributed by atoms with Crippen molar-refractivity contribution in [2.24, 2.45) is 5.10 Å². The van der Waals surface area contributed by atoms with Crippen LogP contribution in [-0.4, -0.2) is 41.2 Å². The number of furan rings is 1. The quantitative estimate of drug-likeness (QED) is 0.689. The van der Waals surface area contributed by atoms with E-state index < -0.39 is 12.0 Å². The second-order valence-electron chi connectivity index (χ2n) is 6.94. The molecule has 1 unspecified atom stereocenters. The van der Waals surface area contributed by atoms with E-state index in [0.717, 1.165) is 24.3 Å². The van der Waals surface area contributed by atoms with Crippen LogP contribution in [0.25, 0.3) is 0 Å².